The number of nitrogens with one attached hydrogen (secondary N) is 1. The summed E-state index contributed by atoms with van der Waals surface area (Å²) in [5.41, 5.74) is 3.86. The molecule has 0 radical (unpaired) electrons. The van der Waals surface area contributed by atoms with Gasteiger partial charge in [0.2, 0.25) is 5.91 Å². The summed E-state index contributed by atoms with van der Waals surface area (Å²) in [4.78, 5) is 39.4. The Morgan fingerprint density at radius 2 is 1.72 bits per heavy atom. The Bertz CT molecular complexity index is 1090. The number of Topliss-reactive ketones (excluding diaryl/α,β-unsaturated/α-hetero) is 1. The van der Waals surface area contributed by atoms with E-state index in [0.29, 0.717) is 24.1 Å². The minimum Gasteiger partial charge on any atom is -0.338 e. The summed E-state index contributed by atoms with van der Waals surface area (Å²) in [6.45, 7) is 2.79. The fraction of sp³-hybridized carbons (Fsp3) is 0.261. The first-order valence-corrected chi connectivity index (χ1v) is 9.79. The number of aryl methyl sites for hydroxylation is 1. The number of amides is 1. The average Bonchev–Trinajstić information content (AvgIpc) is 3.09. The van der Waals surface area contributed by atoms with Gasteiger partial charge >= 0.3 is 0 Å². The zero-order valence-electron chi connectivity index (χ0n) is 16.4. The van der Waals surface area contributed by atoms with Gasteiger partial charge in [-0.2, -0.15) is 0 Å². The molecule has 0 saturated carbocycles. The van der Waals surface area contributed by atoms with Crippen LogP contribution in [0.3, 0.4) is 0 Å². The van der Waals surface area contributed by atoms with Crippen molar-refractivity contribution in [2.45, 2.75) is 32.7 Å². The summed E-state index contributed by atoms with van der Waals surface area (Å²) >= 11 is 0. The Labute approximate surface area is 168 Å². The van der Waals surface area contributed by atoms with Crippen LogP contribution in [0.5, 0.6) is 0 Å². The van der Waals surface area contributed by atoms with Gasteiger partial charge in [-0.3, -0.25) is 19.5 Å². The molecule has 0 atom stereocenters. The highest BCUT2D eigenvalue weighted by molar-refractivity contribution is 5.98. The number of ketones is 1. The van der Waals surface area contributed by atoms with Crippen molar-refractivity contribution in [2.24, 2.45) is 0 Å². The number of carbonyl (C=O) groups excluding carboxylic acids is 2. The van der Waals surface area contributed by atoms with E-state index in [2.05, 4.69) is 5.10 Å². The van der Waals surface area contributed by atoms with Crippen LogP contribution in [0.1, 0.15) is 40.0 Å². The summed E-state index contributed by atoms with van der Waals surface area (Å²) < 4.78 is 1.53. The summed E-state index contributed by atoms with van der Waals surface area (Å²) in [5.74, 6) is -0.132. The largest absolute Gasteiger partial charge is 0.338 e. The first-order valence-electron chi connectivity index (χ1n) is 9.79. The second-order valence-corrected chi connectivity index (χ2v) is 7.40. The highest BCUT2D eigenvalue weighted by Crippen LogP contribution is 2.18. The summed E-state index contributed by atoms with van der Waals surface area (Å²) in [6.07, 6.45) is 0.925. The van der Waals surface area contributed by atoms with Crippen molar-refractivity contribution >= 4 is 11.7 Å². The van der Waals surface area contributed by atoms with Gasteiger partial charge in [0.1, 0.15) is 0 Å². The van der Waals surface area contributed by atoms with Crippen LogP contribution in [0, 0.1) is 6.92 Å². The second-order valence-electron chi connectivity index (χ2n) is 7.40. The van der Waals surface area contributed by atoms with E-state index < -0.39 is 0 Å². The van der Waals surface area contributed by atoms with Crippen molar-refractivity contribution in [3.8, 4) is 5.69 Å². The Kier molecular flexibility index (Phi) is 5.16. The maximum Gasteiger partial charge on any atom is 0.276 e. The van der Waals surface area contributed by atoms with Crippen LogP contribution in [0.4, 0.5) is 0 Å². The number of para-hydroxylation sites is 1. The maximum absolute atomic E-state index is 12.8. The average molecular weight is 389 g/mol. The van der Waals surface area contributed by atoms with Gasteiger partial charge in [0.15, 0.2) is 5.78 Å². The topological polar surface area (TPSA) is 75.2 Å². The number of benzene rings is 2. The number of aromatic amines is 1. The molecule has 0 bridgehead atoms. The molecule has 29 heavy (non-hydrogen) atoms. The lowest BCUT2D eigenvalue weighted by Gasteiger charge is -2.26. The SMILES string of the molecule is Cc1ccc(C(=O)CCC(=O)N2CCc3[nH]n(-c4ccccc4)c(=O)c3C2)cc1. The van der Waals surface area contributed by atoms with E-state index in [0.717, 1.165) is 16.9 Å². The molecular formula is C23H23N3O3. The van der Waals surface area contributed by atoms with E-state index in [1.165, 1.54) is 4.68 Å². The third-order valence-electron chi connectivity index (χ3n) is 5.36. The highest BCUT2D eigenvalue weighted by Gasteiger charge is 2.26. The quantitative estimate of drug-likeness (QED) is 0.682. The number of aromatic nitrogens is 2. The fourth-order valence-corrected chi connectivity index (χ4v) is 3.64. The van der Waals surface area contributed by atoms with Crippen LogP contribution in [-0.2, 0) is 17.8 Å². The predicted octanol–water partition coefficient (Wildman–Crippen LogP) is 3.02. The van der Waals surface area contributed by atoms with Crippen molar-refractivity contribution in [1.29, 1.82) is 0 Å². The molecule has 1 aliphatic rings. The van der Waals surface area contributed by atoms with Crippen LogP contribution >= 0.6 is 0 Å². The number of carbonyl (C=O) groups is 2. The molecule has 6 nitrogen and oxygen atoms in total. The van der Waals surface area contributed by atoms with E-state index >= 15 is 0 Å². The van der Waals surface area contributed by atoms with Gasteiger partial charge < -0.3 is 4.90 Å². The normalized spacial score (nSPS) is 13.2. The fourth-order valence-electron chi connectivity index (χ4n) is 3.64. The molecule has 0 aliphatic carbocycles. The molecule has 1 N–H and O–H groups in total. The molecule has 3 aromatic rings. The number of H-pyrrole nitrogens is 1. The minimum atomic E-state index is -0.126. The van der Waals surface area contributed by atoms with Crippen molar-refractivity contribution in [1.82, 2.24) is 14.7 Å². The molecule has 2 aromatic carbocycles. The molecule has 2 heterocycles. The number of nitrogens with zero attached hydrogens (tertiary/aromatic N) is 2. The summed E-state index contributed by atoms with van der Waals surface area (Å²) in [5, 5.41) is 3.17. The lowest BCUT2D eigenvalue weighted by molar-refractivity contribution is -0.132. The maximum atomic E-state index is 12.8. The van der Waals surface area contributed by atoms with E-state index in [1.54, 1.807) is 17.0 Å². The van der Waals surface area contributed by atoms with Crippen molar-refractivity contribution in [3.63, 3.8) is 0 Å². The number of rotatable bonds is 5. The molecule has 0 unspecified atom stereocenters. The van der Waals surface area contributed by atoms with E-state index in [4.69, 9.17) is 0 Å². The zero-order chi connectivity index (χ0) is 20.4. The highest BCUT2D eigenvalue weighted by atomic mass is 16.2. The van der Waals surface area contributed by atoms with Gasteiger partial charge in [-0.15, -0.1) is 0 Å². The van der Waals surface area contributed by atoms with E-state index in [-0.39, 0.29) is 36.6 Å². The Morgan fingerprint density at radius 3 is 2.45 bits per heavy atom. The molecule has 0 fully saturated rings. The predicted molar refractivity (Wildman–Crippen MR) is 110 cm³/mol. The molecule has 1 amide bonds. The lowest BCUT2D eigenvalue weighted by Crippen LogP contribution is -2.37. The molecule has 0 spiro atoms. The Balaban J connectivity index is 1.42. The third-order valence-corrected chi connectivity index (χ3v) is 5.36. The second kappa shape index (κ2) is 7.91. The summed E-state index contributed by atoms with van der Waals surface area (Å²) in [6, 6.07) is 16.8. The number of hydrogen-bond acceptors (Lipinski definition) is 3. The third kappa shape index (κ3) is 3.92. The van der Waals surface area contributed by atoms with Gasteiger partial charge in [0.05, 0.1) is 17.8 Å². The lowest BCUT2D eigenvalue weighted by atomic mass is 10.0. The smallest absolute Gasteiger partial charge is 0.276 e. The van der Waals surface area contributed by atoms with Crippen LogP contribution in [-0.4, -0.2) is 32.9 Å². The number of fused-ring (bicyclic) bond motifs is 1. The Morgan fingerprint density at radius 1 is 1.00 bits per heavy atom. The molecule has 1 aliphatic heterocycles. The molecule has 4 rings (SSSR count). The molecule has 0 saturated heterocycles. The van der Waals surface area contributed by atoms with Crippen LogP contribution in [0.2, 0.25) is 0 Å². The molecular weight excluding hydrogens is 366 g/mol. The zero-order valence-corrected chi connectivity index (χ0v) is 16.4. The molecule has 6 heteroatoms. The van der Waals surface area contributed by atoms with Crippen LogP contribution in [0.25, 0.3) is 5.69 Å². The van der Waals surface area contributed by atoms with Crippen molar-refractivity contribution < 1.29 is 9.59 Å². The minimum absolute atomic E-state index is 0.0378. The standard InChI is InChI=1S/C23H23N3O3/c1-16-7-9-17(10-8-16)21(27)11-12-22(28)25-14-13-20-19(15-25)23(29)26(24-20)18-5-3-2-4-6-18/h2-10,24H,11-15H2,1H3. The van der Waals surface area contributed by atoms with E-state index in [1.807, 2.05) is 49.4 Å². The summed E-state index contributed by atoms with van der Waals surface area (Å²) in [7, 11) is 0. The molecule has 148 valence electrons. The molecule has 1 aromatic heterocycles. The first kappa shape index (κ1) is 18.9. The van der Waals surface area contributed by atoms with Gasteiger partial charge in [-0.1, -0.05) is 48.0 Å². The first-order chi connectivity index (χ1) is 14.0. The van der Waals surface area contributed by atoms with Gasteiger partial charge in [-0.05, 0) is 19.1 Å². The van der Waals surface area contributed by atoms with Crippen LogP contribution < -0.4 is 5.56 Å². The monoisotopic (exact) mass is 389 g/mol. The Hall–Kier alpha value is -3.41. The van der Waals surface area contributed by atoms with E-state index in [9.17, 15) is 14.4 Å². The van der Waals surface area contributed by atoms with Crippen molar-refractivity contribution in [2.75, 3.05) is 6.54 Å². The number of hydrogen-bond donors (Lipinski definition) is 1. The van der Waals surface area contributed by atoms with Gasteiger partial charge in [0, 0.05) is 37.1 Å². The van der Waals surface area contributed by atoms with Crippen LogP contribution in [0.15, 0.2) is 59.4 Å². The van der Waals surface area contributed by atoms with Gasteiger partial charge in [-0.25, -0.2) is 4.68 Å². The van der Waals surface area contributed by atoms with Gasteiger partial charge in [0.25, 0.3) is 5.56 Å². The van der Waals surface area contributed by atoms with Crippen molar-refractivity contribution in [3.05, 3.63) is 87.3 Å².